The van der Waals surface area contributed by atoms with Gasteiger partial charge in [-0.15, -0.1) is 0 Å². The normalized spacial score (nSPS) is 18.9. The van der Waals surface area contributed by atoms with Crippen molar-refractivity contribution >= 4 is 27.8 Å². The van der Waals surface area contributed by atoms with Crippen molar-refractivity contribution in [1.82, 2.24) is 9.88 Å². The van der Waals surface area contributed by atoms with Crippen molar-refractivity contribution in [3.63, 3.8) is 0 Å². The lowest BCUT2D eigenvalue weighted by Gasteiger charge is -2.32. The molecule has 0 radical (unpaired) electrons. The standard InChI is InChI=1S/C14H17BrN2O3/c15-11-4-5-12(16-8-11)14(20)17-7-1-2-10(9-17)3-6-13(18)19/h4-5,8,10H,1-3,6-7,9H2,(H,18,19)/t10-/m0/s1. The Labute approximate surface area is 126 Å². The Morgan fingerprint density at radius 1 is 1.45 bits per heavy atom. The van der Waals surface area contributed by atoms with E-state index in [2.05, 4.69) is 20.9 Å². The van der Waals surface area contributed by atoms with Crippen molar-refractivity contribution in [2.24, 2.45) is 5.92 Å². The lowest BCUT2D eigenvalue weighted by molar-refractivity contribution is -0.137. The fraction of sp³-hybridized carbons (Fsp3) is 0.500. The van der Waals surface area contributed by atoms with E-state index in [1.807, 2.05) is 0 Å². The third kappa shape index (κ3) is 4.03. The predicted octanol–water partition coefficient (Wildman–Crippen LogP) is 2.56. The van der Waals surface area contributed by atoms with Crippen LogP contribution in [0.3, 0.4) is 0 Å². The largest absolute Gasteiger partial charge is 0.481 e. The van der Waals surface area contributed by atoms with Crippen LogP contribution < -0.4 is 0 Å². The van der Waals surface area contributed by atoms with E-state index in [0.29, 0.717) is 18.7 Å². The molecular weight excluding hydrogens is 324 g/mol. The zero-order valence-electron chi connectivity index (χ0n) is 11.1. The van der Waals surface area contributed by atoms with Crippen LogP contribution in [0.2, 0.25) is 0 Å². The Morgan fingerprint density at radius 2 is 2.25 bits per heavy atom. The van der Waals surface area contributed by atoms with E-state index in [1.165, 1.54) is 0 Å². The van der Waals surface area contributed by atoms with Gasteiger partial charge in [-0.05, 0) is 53.2 Å². The molecule has 0 bridgehead atoms. The first-order chi connectivity index (χ1) is 9.56. The van der Waals surface area contributed by atoms with Gasteiger partial charge in [0.15, 0.2) is 0 Å². The van der Waals surface area contributed by atoms with Gasteiger partial charge in [0.05, 0.1) is 0 Å². The number of hydrogen-bond acceptors (Lipinski definition) is 3. The van der Waals surface area contributed by atoms with E-state index in [1.54, 1.807) is 23.2 Å². The first-order valence-corrected chi connectivity index (χ1v) is 7.48. The van der Waals surface area contributed by atoms with E-state index in [9.17, 15) is 9.59 Å². The van der Waals surface area contributed by atoms with Gasteiger partial charge in [-0.3, -0.25) is 9.59 Å². The molecule has 0 spiro atoms. The molecule has 1 aliphatic rings. The summed E-state index contributed by atoms with van der Waals surface area (Å²) in [6, 6.07) is 3.50. The summed E-state index contributed by atoms with van der Waals surface area (Å²) >= 11 is 3.29. The van der Waals surface area contributed by atoms with Crippen LogP contribution in [0.25, 0.3) is 0 Å². The van der Waals surface area contributed by atoms with Gasteiger partial charge in [-0.2, -0.15) is 0 Å². The van der Waals surface area contributed by atoms with E-state index >= 15 is 0 Å². The summed E-state index contributed by atoms with van der Waals surface area (Å²) in [4.78, 5) is 28.8. The maximum absolute atomic E-state index is 12.3. The highest BCUT2D eigenvalue weighted by Crippen LogP contribution is 2.22. The number of carboxylic acid groups (broad SMARTS) is 1. The highest BCUT2D eigenvalue weighted by Gasteiger charge is 2.25. The molecule has 0 unspecified atom stereocenters. The Morgan fingerprint density at radius 3 is 2.90 bits per heavy atom. The van der Waals surface area contributed by atoms with Crippen LogP contribution in [0, 0.1) is 5.92 Å². The highest BCUT2D eigenvalue weighted by molar-refractivity contribution is 9.10. The summed E-state index contributed by atoms with van der Waals surface area (Å²) in [5, 5.41) is 8.73. The summed E-state index contributed by atoms with van der Waals surface area (Å²) in [7, 11) is 0. The van der Waals surface area contributed by atoms with Crippen LogP contribution in [0.4, 0.5) is 0 Å². The van der Waals surface area contributed by atoms with Crippen LogP contribution in [0.15, 0.2) is 22.8 Å². The third-order valence-electron chi connectivity index (χ3n) is 3.52. The molecule has 2 rings (SSSR count). The molecule has 1 N–H and O–H groups in total. The number of pyridine rings is 1. The fourth-order valence-electron chi connectivity index (χ4n) is 2.48. The van der Waals surface area contributed by atoms with Gasteiger partial charge >= 0.3 is 5.97 Å². The van der Waals surface area contributed by atoms with Gasteiger partial charge in [0.25, 0.3) is 5.91 Å². The zero-order chi connectivity index (χ0) is 14.5. The predicted molar refractivity (Wildman–Crippen MR) is 77.4 cm³/mol. The number of nitrogens with zero attached hydrogens (tertiary/aromatic N) is 2. The van der Waals surface area contributed by atoms with Crippen molar-refractivity contribution in [2.45, 2.75) is 25.7 Å². The number of amides is 1. The van der Waals surface area contributed by atoms with Crippen molar-refractivity contribution in [2.75, 3.05) is 13.1 Å². The van der Waals surface area contributed by atoms with E-state index in [0.717, 1.165) is 23.9 Å². The molecule has 1 atom stereocenters. The lowest BCUT2D eigenvalue weighted by Crippen LogP contribution is -2.40. The smallest absolute Gasteiger partial charge is 0.303 e. The second-order valence-electron chi connectivity index (χ2n) is 5.05. The number of rotatable bonds is 4. The maximum atomic E-state index is 12.3. The number of halogens is 1. The van der Waals surface area contributed by atoms with Crippen LogP contribution in [-0.2, 0) is 4.79 Å². The second kappa shape index (κ2) is 6.83. The maximum Gasteiger partial charge on any atom is 0.303 e. The van der Waals surface area contributed by atoms with Gasteiger partial charge in [-0.1, -0.05) is 0 Å². The van der Waals surface area contributed by atoms with E-state index < -0.39 is 5.97 Å². The molecule has 0 aliphatic carbocycles. The van der Waals surface area contributed by atoms with Crippen molar-refractivity contribution in [3.8, 4) is 0 Å². The number of aliphatic carboxylic acids is 1. The Balaban J connectivity index is 1.96. The Bertz CT molecular complexity index is 490. The molecule has 1 aromatic heterocycles. The van der Waals surface area contributed by atoms with Gasteiger partial charge in [-0.25, -0.2) is 4.98 Å². The van der Waals surface area contributed by atoms with Crippen LogP contribution in [0.5, 0.6) is 0 Å². The number of hydrogen-bond donors (Lipinski definition) is 1. The van der Waals surface area contributed by atoms with Crippen molar-refractivity contribution in [3.05, 3.63) is 28.5 Å². The SMILES string of the molecule is O=C(O)CC[C@@H]1CCCN(C(=O)c2ccc(Br)cn2)C1. The number of likely N-dealkylation sites (tertiary alicyclic amines) is 1. The molecule has 2 heterocycles. The fourth-order valence-corrected chi connectivity index (χ4v) is 2.71. The van der Waals surface area contributed by atoms with Crippen molar-refractivity contribution in [1.29, 1.82) is 0 Å². The average molecular weight is 341 g/mol. The van der Waals surface area contributed by atoms with Crippen molar-refractivity contribution < 1.29 is 14.7 Å². The minimum Gasteiger partial charge on any atom is -0.481 e. The molecule has 1 fully saturated rings. The summed E-state index contributed by atoms with van der Waals surface area (Å²) in [6.45, 7) is 1.35. The topological polar surface area (TPSA) is 70.5 Å². The van der Waals surface area contributed by atoms with Crippen LogP contribution >= 0.6 is 15.9 Å². The summed E-state index contributed by atoms with van der Waals surface area (Å²) < 4.78 is 0.840. The molecule has 20 heavy (non-hydrogen) atoms. The second-order valence-corrected chi connectivity index (χ2v) is 5.97. The lowest BCUT2D eigenvalue weighted by atomic mass is 9.93. The number of carbonyl (C=O) groups is 2. The molecule has 5 nitrogen and oxygen atoms in total. The minimum atomic E-state index is -0.775. The highest BCUT2D eigenvalue weighted by atomic mass is 79.9. The summed E-state index contributed by atoms with van der Waals surface area (Å²) in [5.41, 5.74) is 0.437. The molecule has 0 aromatic carbocycles. The molecule has 6 heteroatoms. The number of aromatic nitrogens is 1. The summed E-state index contributed by atoms with van der Waals surface area (Å²) in [6.07, 6.45) is 4.33. The van der Waals surface area contributed by atoms with Gasteiger partial charge < -0.3 is 10.0 Å². The van der Waals surface area contributed by atoms with Gasteiger partial charge in [0.1, 0.15) is 5.69 Å². The number of piperidine rings is 1. The molecule has 1 saturated heterocycles. The number of carbonyl (C=O) groups excluding carboxylic acids is 1. The quantitative estimate of drug-likeness (QED) is 0.914. The molecule has 1 amide bonds. The first-order valence-electron chi connectivity index (χ1n) is 6.69. The molecule has 1 aromatic rings. The third-order valence-corrected chi connectivity index (χ3v) is 3.99. The minimum absolute atomic E-state index is 0.0717. The Kier molecular flexibility index (Phi) is 5.11. The average Bonchev–Trinajstić information content (AvgIpc) is 2.45. The van der Waals surface area contributed by atoms with Gasteiger partial charge in [0, 0.05) is 30.2 Å². The van der Waals surface area contributed by atoms with E-state index in [-0.39, 0.29) is 18.2 Å². The molecule has 1 aliphatic heterocycles. The van der Waals surface area contributed by atoms with E-state index in [4.69, 9.17) is 5.11 Å². The van der Waals surface area contributed by atoms with Gasteiger partial charge in [0.2, 0.25) is 0 Å². The molecule has 108 valence electrons. The van der Waals surface area contributed by atoms with Crippen LogP contribution in [-0.4, -0.2) is 40.0 Å². The Hall–Kier alpha value is -1.43. The van der Waals surface area contributed by atoms with Crippen LogP contribution in [0.1, 0.15) is 36.2 Å². The first kappa shape index (κ1) is 15.0. The summed E-state index contributed by atoms with van der Waals surface area (Å²) in [5.74, 6) is -0.570. The number of carboxylic acids is 1. The molecule has 0 saturated carbocycles. The zero-order valence-corrected chi connectivity index (χ0v) is 12.7. The molecular formula is C14H17BrN2O3. The monoisotopic (exact) mass is 340 g/mol.